The highest BCUT2D eigenvalue weighted by molar-refractivity contribution is 4.99. The number of hydrogen-bond donors (Lipinski definition) is 0. The van der Waals surface area contributed by atoms with Crippen molar-refractivity contribution in [3.8, 4) is 0 Å². The van der Waals surface area contributed by atoms with E-state index in [0.717, 1.165) is 0 Å². The van der Waals surface area contributed by atoms with Crippen LogP contribution in [0.3, 0.4) is 0 Å². The Hall–Kier alpha value is -1.93. The van der Waals surface area contributed by atoms with E-state index >= 15 is 0 Å². The fourth-order valence-electron chi connectivity index (χ4n) is 0.698. The average Bonchev–Trinajstić information content (AvgIpc) is 2.61. The number of pyridine rings is 1. The Bertz CT molecular complexity index is 258. The number of aromatic nitrogens is 1. The maximum absolute atomic E-state index is 4.25. The van der Waals surface area contributed by atoms with Crippen molar-refractivity contribution in [3.05, 3.63) is 79.1 Å². The number of rotatable bonds is 0. The number of allylic oxidation sites excluding steroid dienone is 2. The van der Waals surface area contributed by atoms with Crippen LogP contribution in [0.4, 0.5) is 0 Å². The molecule has 2 heteroatoms. The molecule has 1 aromatic heterocycles. The average molecular weight is 306 g/mol. The van der Waals surface area contributed by atoms with Crippen molar-refractivity contribution in [2.24, 2.45) is 0 Å². The van der Waals surface area contributed by atoms with Gasteiger partial charge in [0.1, 0.15) is 0 Å². The topological polar surface area (TPSA) is 22.1 Å². The number of nitrogens with zero attached hydrogens (tertiary/aromatic N) is 1. The van der Waals surface area contributed by atoms with E-state index in [9.17, 15) is 0 Å². The van der Waals surface area contributed by atoms with Crippen molar-refractivity contribution in [2.75, 3.05) is 14.2 Å². The smallest absolute Gasteiger partial charge is 0.0351 e. The fraction of sp³-hybridized carbons (Fsp3) is 0.350. The van der Waals surface area contributed by atoms with E-state index in [-0.39, 0.29) is 7.43 Å². The monoisotopic (exact) mass is 305 g/mol. The summed E-state index contributed by atoms with van der Waals surface area (Å²) in [5.74, 6) is 0. The van der Waals surface area contributed by atoms with Gasteiger partial charge in [-0.1, -0.05) is 75.9 Å². The zero-order chi connectivity index (χ0) is 16.6. The fourth-order valence-corrected chi connectivity index (χ4v) is 0.698. The Morgan fingerprint density at radius 1 is 0.636 bits per heavy atom. The number of benzene rings is 1. The van der Waals surface area contributed by atoms with Crippen LogP contribution in [-0.4, -0.2) is 19.2 Å². The molecule has 0 atom stereocenters. The molecule has 22 heavy (non-hydrogen) atoms. The van der Waals surface area contributed by atoms with E-state index in [0.29, 0.717) is 0 Å². The molecule has 0 amide bonds. The lowest BCUT2D eigenvalue weighted by Gasteiger charge is -1.70. The van der Waals surface area contributed by atoms with Crippen LogP contribution < -0.4 is 0 Å². The molecular formula is C20H35NO. The summed E-state index contributed by atoms with van der Waals surface area (Å²) >= 11 is 0. The molecule has 0 saturated heterocycles. The molecule has 0 aliphatic carbocycles. The molecule has 2 aromatic rings. The maximum atomic E-state index is 4.25. The maximum Gasteiger partial charge on any atom is 0.0351 e. The minimum Gasteiger partial charge on any atom is -0.388 e. The summed E-state index contributed by atoms with van der Waals surface area (Å²) in [7, 11) is 3.25. The zero-order valence-corrected chi connectivity index (χ0v) is 14.4. The molecule has 0 spiro atoms. The number of hydrogen-bond acceptors (Lipinski definition) is 2. The molecule has 0 unspecified atom stereocenters. The third kappa shape index (κ3) is 43.0. The summed E-state index contributed by atoms with van der Waals surface area (Å²) in [6.45, 7) is 8.00. The van der Waals surface area contributed by atoms with Crippen molar-refractivity contribution in [3.63, 3.8) is 0 Å². The van der Waals surface area contributed by atoms with Gasteiger partial charge in [-0.05, 0) is 26.0 Å². The quantitative estimate of drug-likeness (QED) is 0.535. The first-order valence-electron chi connectivity index (χ1n) is 7.15. The Balaban J connectivity index is -0.0000000965. The SMILES string of the molecule is C.CC.CC=CC.COC.c1ccccc1.c1ccncc1. The van der Waals surface area contributed by atoms with Crippen LogP contribution in [0.25, 0.3) is 0 Å². The second kappa shape index (κ2) is 36.5. The first-order chi connectivity index (χ1) is 10.3. The third-order valence-corrected chi connectivity index (χ3v) is 1.57. The standard InChI is InChI=1S/C6H6.C5H5N.C4H8.C2H6O.C2H6.CH4/c2*1-2-4-6-5-3-1;1-3-4-2;1-3-2;1-2;/h1-6H;1-5H;3-4H,1-2H3;1-2H3;1-2H3;1H4. The zero-order valence-electron chi connectivity index (χ0n) is 14.4. The highest BCUT2D eigenvalue weighted by Crippen LogP contribution is 1.79. The molecule has 0 fully saturated rings. The van der Waals surface area contributed by atoms with E-state index in [4.69, 9.17) is 0 Å². The highest BCUT2D eigenvalue weighted by Gasteiger charge is 1.58. The summed E-state index contributed by atoms with van der Waals surface area (Å²) in [5, 5.41) is 0. The highest BCUT2D eigenvalue weighted by atomic mass is 16.4. The van der Waals surface area contributed by atoms with Crippen LogP contribution in [0, 0.1) is 0 Å². The van der Waals surface area contributed by atoms with Gasteiger partial charge in [0, 0.05) is 26.6 Å². The van der Waals surface area contributed by atoms with Crippen LogP contribution in [0.1, 0.15) is 35.1 Å². The minimum absolute atomic E-state index is 0. The molecule has 0 radical (unpaired) electrons. The Morgan fingerprint density at radius 2 is 0.864 bits per heavy atom. The van der Waals surface area contributed by atoms with Crippen molar-refractivity contribution >= 4 is 0 Å². The van der Waals surface area contributed by atoms with Crippen LogP contribution in [0.5, 0.6) is 0 Å². The molecule has 1 heterocycles. The summed E-state index contributed by atoms with van der Waals surface area (Å²) in [5.41, 5.74) is 0. The normalized spacial score (nSPS) is 7.18. The van der Waals surface area contributed by atoms with Gasteiger partial charge in [-0.25, -0.2) is 0 Å². The molecule has 2 nitrogen and oxygen atoms in total. The largest absolute Gasteiger partial charge is 0.388 e. The van der Waals surface area contributed by atoms with Gasteiger partial charge in [-0.3, -0.25) is 4.98 Å². The minimum atomic E-state index is 0. The van der Waals surface area contributed by atoms with Gasteiger partial charge in [0.15, 0.2) is 0 Å². The van der Waals surface area contributed by atoms with E-state index in [1.807, 2.05) is 94.4 Å². The molecule has 0 N–H and O–H groups in total. The van der Waals surface area contributed by atoms with E-state index < -0.39 is 0 Å². The van der Waals surface area contributed by atoms with Crippen molar-refractivity contribution in [2.45, 2.75) is 35.1 Å². The Labute approximate surface area is 138 Å². The number of methoxy groups -OCH3 is 1. The van der Waals surface area contributed by atoms with Crippen molar-refractivity contribution < 1.29 is 4.74 Å². The molecule has 0 bridgehead atoms. The predicted octanol–water partition coefficient (Wildman–Crippen LogP) is 6.28. The predicted molar refractivity (Wildman–Crippen MR) is 102 cm³/mol. The van der Waals surface area contributed by atoms with Crippen molar-refractivity contribution in [1.29, 1.82) is 0 Å². The lowest BCUT2D eigenvalue weighted by molar-refractivity contribution is 0.277. The Morgan fingerprint density at radius 3 is 0.955 bits per heavy atom. The lowest BCUT2D eigenvalue weighted by Crippen LogP contribution is -1.58. The molecular weight excluding hydrogens is 270 g/mol. The van der Waals surface area contributed by atoms with Gasteiger partial charge >= 0.3 is 0 Å². The molecule has 0 aliphatic rings. The summed E-state index contributed by atoms with van der Waals surface area (Å²) in [6.07, 6.45) is 7.50. The van der Waals surface area contributed by atoms with Crippen LogP contribution in [0.2, 0.25) is 0 Å². The van der Waals surface area contributed by atoms with Crippen LogP contribution >= 0.6 is 0 Å². The third-order valence-electron chi connectivity index (χ3n) is 1.57. The first kappa shape index (κ1) is 28.3. The van der Waals surface area contributed by atoms with Gasteiger partial charge in [-0.2, -0.15) is 0 Å². The van der Waals surface area contributed by atoms with Gasteiger partial charge < -0.3 is 4.74 Å². The molecule has 1 aromatic carbocycles. The van der Waals surface area contributed by atoms with Crippen LogP contribution in [0.15, 0.2) is 79.1 Å². The summed E-state index contributed by atoms with van der Waals surface area (Å²) < 4.78 is 4.25. The van der Waals surface area contributed by atoms with E-state index in [1.165, 1.54) is 0 Å². The van der Waals surface area contributed by atoms with Crippen molar-refractivity contribution in [1.82, 2.24) is 4.98 Å². The molecule has 0 aliphatic heterocycles. The van der Waals surface area contributed by atoms with Gasteiger partial charge in [0.05, 0.1) is 0 Å². The van der Waals surface area contributed by atoms with E-state index in [1.54, 1.807) is 26.6 Å². The Kier molecular flexibility index (Phi) is 46.8. The van der Waals surface area contributed by atoms with Gasteiger partial charge in [-0.15, -0.1) is 0 Å². The summed E-state index contributed by atoms with van der Waals surface area (Å²) in [6, 6.07) is 17.7. The first-order valence-corrected chi connectivity index (χ1v) is 7.15. The molecule has 0 saturated carbocycles. The van der Waals surface area contributed by atoms with Gasteiger partial charge in [0.25, 0.3) is 0 Å². The molecule has 2 rings (SSSR count). The van der Waals surface area contributed by atoms with Crippen LogP contribution in [-0.2, 0) is 4.74 Å². The van der Waals surface area contributed by atoms with E-state index in [2.05, 4.69) is 9.72 Å². The summed E-state index contributed by atoms with van der Waals surface area (Å²) in [4.78, 5) is 3.78. The number of ether oxygens (including phenoxy) is 1. The van der Waals surface area contributed by atoms with Gasteiger partial charge in [0.2, 0.25) is 0 Å². The molecule has 126 valence electrons. The second-order valence-electron chi connectivity index (χ2n) is 3.25. The second-order valence-corrected chi connectivity index (χ2v) is 3.25. The lowest BCUT2D eigenvalue weighted by atomic mass is 10.4.